The van der Waals surface area contributed by atoms with E-state index in [0.717, 1.165) is 34.9 Å². The minimum Gasteiger partial charge on any atom is -0.494 e. The highest BCUT2D eigenvalue weighted by atomic mass is 16.5. The van der Waals surface area contributed by atoms with Crippen LogP contribution in [0.2, 0.25) is 0 Å². The van der Waals surface area contributed by atoms with Gasteiger partial charge in [0, 0.05) is 30.3 Å². The molecule has 4 heteroatoms. The molecule has 0 saturated carbocycles. The minimum absolute atomic E-state index is 0.668. The van der Waals surface area contributed by atoms with Crippen LogP contribution < -0.4 is 19.5 Å². The molecule has 1 heterocycles. The molecule has 0 saturated heterocycles. The second-order valence-corrected chi connectivity index (χ2v) is 5.11. The van der Waals surface area contributed by atoms with Gasteiger partial charge in [0.1, 0.15) is 5.75 Å². The third-order valence-corrected chi connectivity index (χ3v) is 3.50. The monoisotopic (exact) mass is 299 g/mol. The molecular weight excluding hydrogens is 278 g/mol. The van der Waals surface area contributed by atoms with Gasteiger partial charge < -0.3 is 19.5 Å². The summed E-state index contributed by atoms with van der Waals surface area (Å²) in [6.07, 6.45) is 0.916. The highest BCUT2D eigenvalue weighted by Crippen LogP contribution is 2.32. The second-order valence-electron chi connectivity index (χ2n) is 5.11. The number of hydrogen-bond donors (Lipinski definition) is 1. The van der Waals surface area contributed by atoms with E-state index in [1.54, 1.807) is 0 Å². The van der Waals surface area contributed by atoms with Crippen molar-refractivity contribution in [3.05, 3.63) is 48.0 Å². The molecule has 0 unspecified atom stereocenters. The molecule has 22 heavy (non-hydrogen) atoms. The number of ether oxygens (including phenoxy) is 3. The van der Waals surface area contributed by atoms with E-state index in [9.17, 15) is 0 Å². The highest BCUT2D eigenvalue weighted by Gasteiger charge is 2.10. The lowest BCUT2D eigenvalue weighted by molar-refractivity contribution is 0.297. The number of nitrogens with one attached hydrogen (secondary N) is 1. The Bertz CT molecular complexity index is 627. The molecule has 0 bridgehead atoms. The van der Waals surface area contributed by atoms with Gasteiger partial charge in [0.15, 0.2) is 11.5 Å². The Morgan fingerprint density at radius 3 is 2.73 bits per heavy atom. The second kappa shape index (κ2) is 7.07. The predicted molar refractivity (Wildman–Crippen MR) is 87.0 cm³/mol. The molecular formula is C18H21NO3. The van der Waals surface area contributed by atoms with Gasteiger partial charge in [-0.3, -0.25) is 0 Å². The number of fused-ring (bicyclic) bond motifs is 1. The molecule has 0 radical (unpaired) electrons. The maximum absolute atomic E-state index is 5.71. The molecule has 0 atom stereocenters. The third-order valence-electron chi connectivity index (χ3n) is 3.50. The van der Waals surface area contributed by atoms with Crippen LogP contribution in [0.1, 0.15) is 18.9 Å². The zero-order chi connectivity index (χ0) is 15.2. The van der Waals surface area contributed by atoms with Gasteiger partial charge in [-0.25, -0.2) is 0 Å². The lowest BCUT2D eigenvalue weighted by Gasteiger charge is -2.13. The third kappa shape index (κ3) is 3.45. The molecule has 2 aromatic carbocycles. The van der Waals surface area contributed by atoms with E-state index in [1.165, 1.54) is 0 Å². The number of rotatable bonds is 5. The largest absolute Gasteiger partial charge is 0.494 e. The van der Waals surface area contributed by atoms with E-state index >= 15 is 0 Å². The SMILES string of the molecule is CCOc1ccccc1CNc1ccc2c(c1)OCCCO2. The highest BCUT2D eigenvalue weighted by molar-refractivity contribution is 5.55. The summed E-state index contributed by atoms with van der Waals surface area (Å²) in [4.78, 5) is 0. The Morgan fingerprint density at radius 1 is 1.05 bits per heavy atom. The number of hydrogen-bond acceptors (Lipinski definition) is 4. The fraction of sp³-hybridized carbons (Fsp3) is 0.333. The van der Waals surface area contributed by atoms with Crippen LogP contribution in [0.5, 0.6) is 17.2 Å². The molecule has 2 aromatic rings. The van der Waals surface area contributed by atoms with Gasteiger partial charge in [-0.2, -0.15) is 0 Å². The number of anilines is 1. The molecule has 0 fully saturated rings. The Hall–Kier alpha value is -2.36. The first kappa shape index (κ1) is 14.6. The summed E-state index contributed by atoms with van der Waals surface area (Å²) < 4.78 is 17.0. The van der Waals surface area contributed by atoms with Crippen molar-refractivity contribution in [1.29, 1.82) is 0 Å². The summed E-state index contributed by atoms with van der Waals surface area (Å²) in [6, 6.07) is 14.0. The van der Waals surface area contributed by atoms with Gasteiger partial charge >= 0.3 is 0 Å². The fourth-order valence-corrected chi connectivity index (χ4v) is 2.42. The molecule has 1 aliphatic heterocycles. The summed E-state index contributed by atoms with van der Waals surface area (Å²) in [6.45, 7) is 4.77. The van der Waals surface area contributed by atoms with Crippen LogP contribution in [0.4, 0.5) is 5.69 Å². The average molecular weight is 299 g/mol. The summed E-state index contributed by atoms with van der Waals surface area (Å²) in [7, 11) is 0. The Morgan fingerprint density at radius 2 is 1.86 bits per heavy atom. The summed E-state index contributed by atoms with van der Waals surface area (Å²) in [5.74, 6) is 2.55. The smallest absolute Gasteiger partial charge is 0.163 e. The Labute approximate surface area is 131 Å². The van der Waals surface area contributed by atoms with Crippen molar-refractivity contribution in [1.82, 2.24) is 0 Å². The van der Waals surface area contributed by atoms with E-state index in [4.69, 9.17) is 14.2 Å². The number of para-hydroxylation sites is 1. The van der Waals surface area contributed by atoms with E-state index in [1.807, 2.05) is 43.3 Å². The molecule has 1 aliphatic rings. The van der Waals surface area contributed by atoms with E-state index in [2.05, 4.69) is 11.4 Å². The van der Waals surface area contributed by atoms with Crippen molar-refractivity contribution in [2.24, 2.45) is 0 Å². The predicted octanol–water partition coefficient (Wildman–Crippen LogP) is 3.86. The topological polar surface area (TPSA) is 39.7 Å². The first-order valence-electron chi connectivity index (χ1n) is 7.71. The van der Waals surface area contributed by atoms with Crippen LogP contribution in [-0.4, -0.2) is 19.8 Å². The van der Waals surface area contributed by atoms with E-state index in [-0.39, 0.29) is 0 Å². The van der Waals surface area contributed by atoms with Gasteiger partial charge in [-0.15, -0.1) is 0 Å². The molecule has 0 aromatic heterocycles. The molecule has 116 valence electrons. The summed E-state index contributed by atoms with van der Waals surface area (Å²) in [5.41, 5.74) is 2.15. The van der Waals surface area contributed by atoms with E-state index < -0.39 is 0 Å². The van der Waals surface area contributed by atoms with Crippen LogP contribution in [0, 0.1) is 0 Å². The van der Waals surface area contributed by atoms with Crippen molar-refractivity contribution in [3.63, 3.8) is 0 Å². The lowest BCUT2D eigenvalue weighted by Crippen LogP contribution is -2.03. The molecule has 4 nitrogen and oxygen atoms in total. The van der Waals surface area contributed by atoms with Crippen molar-refractivity contribution >= 4 is 5.69 Å². The molecule has 0 amide bonds. The Kier molecular flexibility index (Phi) is 4.68. The minimum atomic E-state index is 0.668. The standard InChI is InChI=1S/C18H21NO3/c1-2-20-16-7-4-3-6-14(16)13-19-15-8-9-17-18(12-15)22-11-5-10-21-17/h3-4,6-9,12,19H,2,5,10-11,13H2,1H3. The number of benzene rings is 2. The fourth-order valence-electron chi connectivity index (χ4n) is 2.42. The van der Waals surface area contributed by atoms with Crippen molar-refractivity contribution in [2.45, 2.75) is 19.9 Å². The van der Waals surface area contributed by atoms with Crippen LogP contribution >= 0.6 is 0 Å². The van der Waals surface area contributed by atoms with Crippen LogP contribution in [0.25, 0.3) is 0 Å². The normalized spacial score (nSPS) is 13.3. The molecule has 3 rings (SSSR count). The first-order valence-corrected chi connectivity index (χ1v) is 7.71. The van der Waals surface area contributed by atoms with Crippen LogP contribution in [-0.2, 0) is 6.54 Å². The molecule has 0 aliphatic carbocycles. The van der Waals surface area contributed by atoms with E-state index in [0.29, 0.717) is 26.4 Å². The van der Waals surface area contributed by atoms with Gasteiger partial charge in [-0.05, 0) is 25.1 Å². The zero-order valence-corrected chi connectivity index (χ0v) is 12.8. The lowest BCUT2D eigenvalue weighted by atomic mass is 10.2. The summed E-state index contributed by atoms with van der Waals surface area (Å²) >= 11 is 0. The maximum atomic E-state index is 5.71. The van der Waals surface area contributed by atoms with Gasteiger partial charge in [-0.1, -0.05) is 18.2 Å². The maximum Gasteiger partial charge on any atom is 0.163 e. The van der Waals surface area contributed by atoms with Gasteiger partial charge in [0.25, 0.3) is 0 Å². The van der Waals surface area contributed by atoms with Crippen LogP contribution in [0.3, 0.4) is 0 Å². The van der Waals surface area contributed by atoms with Crippen molar-refractivity contribution in [3.8, 4) is 17.2 Å². The van der Waals surface area contributed by atoms with Gasteiger partial charge in [0.2, 0.25) is 0 Å². The first-order chi connectivity index (χ1) is 10.9. The van der Waals surface area contributed by atoms with Gasteiger partial charge in [0.05, 0.1) is 19.8 Å². The molecule has 0 spiro atoms. The zero-order valence-electron chi connectivity index (χ0n) is 12.8. The Balaban J connectivity index is 1.70. The quantitative estimate of drug-likeness (QED) is 0.910. The van der Waals surface area contributed by atoms with Crippen molar-refractivity contribution in [2.75, 3.05) is 25.1 Å². The molecule has 1 N–H and O–H groups in total. The summed E-state index contributed by atoms with van der Waals surface area (Å²) in [5, 5.41) is 3.41. The van der Waals surface area contributed by atoms with Crippen molar-refractivity contribution < 1.29 is 14.2 Å². The van der Waals surface area contributed by atoms with Crippen LogP contribution in [0.15, 0.2) is 42.5 Å². The average Bonchev–Trinajstić information content (AvgIpc) is 2.79.